The fourth-order valence-electron chi connectivity index (χ4n) is 1.70. The largest absolute Gasteiger partial charge is 0.387 e. The van der Waals surface area contributed by atoms with Gasteiger partial charge in [-0.2, -0.15) is 5.10 Å². The van der Waals surface area contributed by atoms with Crippen molar-refractivity contribution < 1.29 is 0 Å². The zero-order chi connectivity index (χ0) is 13.8. The number of amidine groups is 1. The van der Waals surface area contributed by atoms with Crippen LogP contribution >= 0.6 is 11.8 Å². The number of nitrogens with one attached hydrogen (secondary N) is 1. The molecule has 18 heavy (non-hydrogen) atoms. The normalized spacial score (nSPS) is 11.8. The molecule has 1 aromatic heterocycles. The third-order valence-electron chi connectivity index (χ3n) is 3.13. The molecule has 0 spiro atoms. The molecule has 0 aliphatic carbocycles. The minimum Gasteiger partial charge on any atom is -0.387 e. The van der Waals surface area contributed by atoms with Crippen molar-refractivity contribution in [3.63, 3.8) is 0 Å². The molecule has 0 aliphatic heterocycles. The molecule has 1 rings (SSSR count). The van der Waals surface area contributed by atoms with Gasteiger partial charge in [-0.15, -0.1) is 11.8 Å². The first kappa shape index (κ1) is 15.1. The van der Waals surface area contributed by atoms with E-state index in [1.807, 2.05) is 44.3 Å². The van der Waals surface area contributed by atoms with Crippen LogP contribution in [-0.4, -0.2) is 21.4 Å². The van der Waals surface area contributed by atoms with E-state index in [4.69, 9.17) is 11.1 Å². The zero-order valence-corrected chi connectivity index (χ0v) is 12.6. The van der Waals surface area contributed by atoms with Gasteiger partial charge >= 0.3 is 0 Å². The molecule has 0 unspecified atom stereocenters. The van der Waals surface area contributed by atoms with Gasteiger partial charge in [0.05, 0.1) is 16.6 Å². The van der Waals surface area contributed by atoms with Crippen molar-refractivity contribution in [2.75, 3.05) is 5.75 Å². The number of nitrogens with zero attached hydrogens (tertiary/aromatic N) is 2. The van der Waals surface area contributed by atoms with Gasteiger partial charge in [0.25, 0.3) is 0 Å². The highest BCUT2D eigenvalue weighted by Crippen LogP contribution is 2.25. The molecule has 0 amide bonds. The minimum atomic E-state index is -0.159. The average molecular weight is 268 g/mol. The Balaban J connectivity index is 2.24. The Labute approximate surface area is 114 Å². The van der Waals surface area contributed by atoms with E-state index in [2.05, 4.69) is 11.2 Å². The van der Waals surface area contributed by atoms with E-state index >= 15 is 0 Å². The fraction of sp³-hybridized carbons (Fsp3) is 0.692. The van der Waals surface area contributed by atoms with Crippen molar-refractivity contribution in [1.29, 1.82) is 5.41 Å². The van der Waals surface area contributed by atoms with Gasteiger partial charge in [-0.25, -0.2) is 0 Å². The van der Waals surface area contributed by atoms with Gasteiger partial charge in [0.2, 0.25) is 0 Å². The lowest BCUT2D eigenvalue weighted by molar-refractivity contribution is 0.448. The summed E-state index contributed by atoms with van der Waals surface area (Å²) in [7, 11) is 1.98. The number of hydrogen-bond donors (Lipinski definition) is 2. The molecule has 4 nitrogen and oxygen atoms in total. The summed E-state index contributed by atoms with van der Waals surface area (Å²) in [6.45, 7) is 6.08. The van der Waals surface area contributed by atoms with E-state index in [1.165, 1.54) is 5.03 Å². The average Bonchev–Trinajstić information content (AvgIpc) is 2.56. The van der Waals surface area contributed by atoms with Crippen LogP contribution in [0.5, 0.6) is 0 Å². The molecule has 5 heteroatoms. The second-order valence-corrected chi connectivity index (χ2v) is 6.47. The molecule has 0 atom stereocenters. The molecular weight excluding hydrogens is 244 g/mol. The van der Waals surface area contributed by atoms with Gasteiger partial charge in [0.1, 0.15) is 0 Å². The maximum atomic E-state index is 7.50. The predicted octanol–water partition coefficient (Wildman–Crippen LogP) is 2.95. The van der Waals surface area contributed by atoms with Crippen LogP contribution < -0.4 is 5.73 Å². The fourth-order valence-corrected chi connectivity index (χ4v) is 2.74. The second kappa shape index (κ2) is 6.27. The first-order chi connectivity index (χ1) is 8.33. The summed E-state index contributed by atoms with van der Waals surface area (Å²) in [5.74, 6) is 1.38. The van der Waals surface area contributed by atoms with Crippen molar-refractivity contribution in [2.24, 2.45) is 18.2 Å². The molecule has 0 fully saturated rings. The summed E-state index contributed by atoms with van der Waals surface area (Å²) in [6.07, 6.45) is 3.23. The van der Waals surface area contributed by atoms with E-state index in [9.17, 15) is 0 Å². The molecule has 3 N–H and O–H groups in total. The Morgan fingerprint density at radius 1 is 1.50 bits per heavy atom. The Kier molecular flexibility index (Phi) is 5.26. The van der Waals surface area contributed by atoms with E-state index in [0.717, 1.165) is 30.7 Å². The Morgan fingerprint density at radius 3 is 2.67 bits per heavy atom. The third kappa shape index (κ3) is 4.37. The van der Waals surface area contributed by atoms with Gasteiger partial charge in [-0.3, -0.25) is 10.1 Å². The monoisotopic (exact) mass is 268 g/mol. The summed E-state index contributed by atoms with van der Waals surface area (Å²) in [4.78, 5) is 0. The quantitative estimate of drug-likeness (QED) is 0.346. The van der Waals surface area contributed by atoms with Crippen LogP contribution in [0.3, 0.4) is 0 Å². The van der Waals surface area contributed by atoms with E-state index in [1.54, 1.807) is 0 Å². The highest BCUT2D eigenvalue weighted by molar-refractivity contribution is 7.99. The standard InChI is InChI=1S/C13H24N4S/c1-10-9-11(17(4)16-10)18-8-6-5-7-13(2,3)12(14)15/h9H,5-8H2,1-4H3,(H3,14,15). The second-order valence-electron chi connectivity index (χ2n) is 5.35. The van der Waals surface area contributed by atoms with Crippen LogP contribution in [0.2, 0.25) is 0 Å². The Hall–Kier alpha value is -0.970. The van der Waals surface area contributed by atoms with E-state index < -0.39 is 0 Å². The lowest BCUT2D eigenvalue weighted by atomic mass is 9.86. The van der Waals surface area contributed by atoms with Crippen LogP contribution in [0, 0.1) is 17.7 Å². The molecule has 0 aliphatic rings. The number of rotatable bonds is 7. The van der Waals surface area contributed by atoms with Crippen LogP contribution in [0.1, 0.15) is 38.8 Å². The smallest absolute Gasteiger partial charge is 0.0963 e. The van der Waals surface area contributed by atoms with Crippen molar-refractivity contribution in [3.8, 4) is 0 Å². The summed E-state index contributed by atoms with van der Waals surface area (Å²) in [6, 6.07) is 2.12. The molecule has 102 valence electrons. The SMILES string of the molecule is Cc1cc(SCCCCC(C)(C)C(=N)N)n(C)n1. The highest BCUT2D eigenvalue weighted by atomic mass is 32.2. The number of nitrogens with two attached hydrogens (primary N) is 1. The first-order valence-electron chi connectivity index (χ1n) is 6.31. The lowest BCUT2D eigenvalue weighted by Gasteiger charge is -2.22. The van der Waals surface area contributed by atoms with E-state index in [-0.39, 0.29) is 11.3 Å². The number of aromatic nitrogens is 2. The predicted molar refractivity (Wildman–Crippen MR) is 78.2 cm³/mol. The van der Waals surface area contributed by atoms with Gasteiger partial charge in [0.15, 0.2) is 0 Å². The summed E-state index contributed by atoms with van der Waals surface area (Å²) < 4.78 is 1.93. The molecule has 0 aromatic carbocycles. The number of thioether (sulfide) groups is 1. The van der Waals surface area contributed by atoms with Gasteiger partial charge in [0, 0.05) is 12.5 Å². The number of aryl methyl sites for hydroxylation is 2. The topological polar surface area (TPSA) is 67.7 Å². The first-order valence-corrected chi connectivity index (χ1v) is 7.29. The lowest BCUT2D eigenvalue weighted by Crippen LogP contribution is -2.30. The van der Waals surface area contributed by atoms with Crippen molar-refractivity contribution in [3.05, 3.63) is 11.8 Å². The van der Waals surface area contributed by atoms with Crippen molar-refractivity contribution >= 4 is 17.6 Å². The maximum absolute atomic E-state index is 7.50. The highest BCUT2D eigenvalue weighted by Gasteiger charge is 2.20. The molecule has 0 saturated carbocycles. The summed E-state index contributed by atoms with van der Waals surface area (Å²) >= 11 is 1.84. The minimum absolute atomic E-state index is 0.159. The van der Waals surface area contributed by atoms with Crippen LogP contribution in [0.4, 0.5) is 0 Å². The summed E-state index contributed by atoms with van der Waals surface area (Å²) in [5, 5.41) is 13.0. The van der Waals surface area contributed by atoms with Crippen LogP contribution in [-0.2, 0) is 7.05 Å². The molecule has 0 saturated heterocycles. The van der Waals surface area contributed by atoms with Gasteiger partial charge in [-0.1, -0.05) is 20.3 Å². The van der Waals surface area contributed by atoms with Crippen LogP contribution in [0.15, 0.2) is 11.1 Å². The molecule has 1 aromatic rings. The van der Waals surface area contributed by atoms with Crippen molar-refractivity contribution in [1.82, 2.24) is 9.78 Å². The van der Waals surface area contributed by atoms with E-state index in [0.29, 0.717) is 0 Å². The molecule has 1 heterocycles. The summed E-state index contributed by atoms with van der Waals surface area (Å²) in [5.41, 5.74) is 6.47. The third-order valence-corrected chi connectivity index (χ3v) is 4.30. The maximum Gasteiger partial charge on any atom is 0.0963 e. The van der Waals surface area contributed by atoms with Gasteiger partial charge < -0.3 is 5.73 Å². The molecule has 0 radical (unpaired) electrons. The van der Waals surface area contributed by atoms with Crippen molar-refractivity contribution in [2.45, 2.75) is 45.1 Å². The van der Waals surface area contributed by atoms with Gasteiger partial charge in [-0.05, 0) is 31.6 Å². The molecular formula is C13H24N4S. The zero-order valence-electron chi connectivity index (χ0n) is 11.8. The Bertz CT molecular complexity index is 409. The number of hydrogen-bond acceptors (Lipinski definition) is 3. The van der Waals surface area contributed by atoms with Crippen LogP contribution in [0.25, 0.3) is 0 Å². The number of unbranched alkanes of at least 4 members (excludes halogenated alkanes) is 1. The Morgan fingerprint density at radius 2 is 2.17 bits per heavy atom. The molecule has 0 bridgehead atoms.